The highest BCUT2D eigenvalue weighted by Crippen LogP contribution is 2.43. The lowest BCUT2D eigenvalue weighted by Crippen LogP contribution is -2.25. The van der Waals surface area contributed by atoms with E-state index in [1.54, 1.807) is 12.1 Å². The fourth-order valence-corrected chi connectivity index (χ4v) is 4.00. The summed E-state index contributed by atoms with van der Waals surface area (Å²) >= 11 is 0. The number of carbonyl (C=O) groups is 1. The molecule has 0 bridgehead atoms. The van der Waals surface area contributed by atoms with Crippen LogP contribution in [0.5, 0.6) is 11.5 Å². The molecular weight excluding hydrogens is 380 g/mol. The number of aryl methyl sites for hydroxylation is 1. The predicted molar refractivity (Wildman–Crippen MR) is 107 cm³/mol. The van der Waals surface area contributed by atoms with Gasteiger partial charge < -0.3 is 14.7 Å². The summed E-state index contributed by atoms with van der Waals surface area (Å²) in [5.41, 5.74) is 1.30. The van der Waals surface area contributed by atoms with Gasteiger partial charge in [-0.2, -0.15) is 0 Å². The molecule has 2 aromatic carbocycles. The Hall–Kier alpha value is -2.58. The lowest BCUT2D eigenvalue weighted by Gasteiger charge is -2.25. The topological polar surface area (TPSA) is 110 Å². The molecule has 28 heavy (non-hydrogen) atoms. The number of rotatable bonds is 5. The first kappa shape index (κ1) is 20.2. The number of hydrogen-bond donors (Lipinski definition) is 2. The molecule has 0 unspecified atom stereocenters. The Kier molecular flexibility index (Phi) is 5.12. The van der Waals surface area contributed by atoms with E-state index in [-0.39, 0.29) is 21.6 Å². The summed E-state index contributed by atoms with van der Waals surface area (Å²) in [6.45, 7) is 7.44. The number of nitrogens with two attached hydrogens (primary N) is 1. The van der Waals surface area contributed by atoms with E-state index in [4.69, 9.17) is 9.88 Å². The van der Waals surface area contributed by atoms with Crippen LogP contribution in [0.4, 0.5) is 5.69 Å². The maximum atomic E-state index is 12.3. The second kappa shape index (κ2) is 7.10. The summed E-state index contributed by atoms with van der Waals surface area (Å²) in [7, 11) is -4.21. The first-order valence-electron chi connectivity index (χ1n) is 8.90. The van der Waals surface area contributed by atoms with E-state index >= 15 is 0 Å². The van der Waals surface area contributed by atoms with Gasteiger partial charge in [-0.3, -0.25) is 0 Å². The quantitative estimate of drug-likeness (QED) is 0.791. The fourth-order valence-electron chi connectivity index (χ4n) is 3.30. The largest absolute Gasteiger partial charge is 0.478 e. The van der Waals surface area contributed by atoms with Gasteiger partial charge >= 0.3 is 5.97 Å². The van der Waals surface area contributed by atoms with Gasteiger partial charge in [0.2, 0.25) is 10.0 Å². The zero-order chi connectivity index (χ0) is 20.7. The van der Waals surface area contributed by atoms with E-state index in [9.17, 15) is 18.3 Å². The van der Waals surface area contributed by atoms with Gasteiger partial charge in [0, 0.05) is 13.1 Å². The van der Waals surface area contributed by atoms with Crippen molar-refractivity contribution in [2.75, 3.05) is 18.0 Å². The van der Waals surface area contributed by atoms with E-state index in [2.05, 4.69) is 13.8 Å². The Morgan fingerprint density at radius 2 is 1.86 bits per heavy atom. The molecule has 0 amide bonds. The zero-order valence-corrected chi connectivity index (χ0v) is 16.9. The Labute approximate surface area is 164 Å². The number of sulfonamides is 1. The Bertz CT molecular complexity index is 1010. The lowest BCUT2D eigenvalue weighted by molar-refractivity contribution is 0.0696. The molecule has 2 aromatic rings. The van der Waals surface area contributed by atoms with Crippen LogP contribution in [-0.4, -0.2) is 32.6 Å². The Morgan fingerprint density at radius 3 is 2.36 bits per heavy atom. The number of primary sulfonamides is 1. The maximum absolute atomic E-state index is 12.3. The normalized spacial score (nSPS) is 16.2. The van der Waals surface area contributed by atoms with Crippen molar-refractivity contribution in [1.29, 1.82) is 0 Å². The highest BCUT2D eigenvalue weighted by Gasteiger charge is 2.33. The van der Waals surface area contributed by atoms with Crippen LogP contribution >= 0.6 is 0 Å². The average Bonchev–Trinajstić information content (AvgIpc) is 2.95. The minimum absolute atomic E-state index is 0.0160. The standard InChI is InChI=1S/C20H24N2O5S/c1-13-4-6-15(7-5-13)27-18-16(22-9-8-20(2,3)12-22)10-14(19(23)24)11-17(18)28(21,25)26/h4-7,10-11H,8-9,12H2,1-3H3,(H,23,24)(H2,21,25,26). The predicted octanol–water partition coefficient (Wildman–Crippen LogP) is 3.37. The van der Waals surface area contributed by atoms with E-state index in [1.807, 2.05) is 24.0 Å². The summed E-state index contributed by atoms with van der Waals surface area (Å²) in [6.07, 6.45) is 0.888. The third-order valence-electron chi connectivity index (χ3n) is 4.85. The molecule has 8 heteroatoms. The minimum Gasteiger partial charge on any atom is -0.478 e. The van der Waals surface area contributed by atoms with Gasteiger partial charge in [0.15, 0.2) is 5.75 Å². The van der Waals surface area contributed by atoms with Gasteiger partial charge in [-0.05, 0) is 43.0 Å². The molecule has 0 radical (unpaired) electrons. The van der Waals surface area contributed by atoms with Crippen molar-refractivity contribution in [2.24, 2.45) is 10.6 Å². The molecule has 1 aliphatic rings. The number of anilines is 1. The molecule has 7 nitrogen and oxygen atoms in total. The molecule has 3 rings (SSSR count). The number of aromatic carboxylic acids is 1. The molecule has 1 aliphatic heterocycles. The van der Waals surface area contributed by atoms with Crippen molar-refractivity contribution in [1.82, 2.24) is 0 Å². The van der Waals surface area contributed by atoms with Gasteiger partial charge in [0.25, 0.3) is 0 Å². The Morgan fingerprint density at radius 1 is 1.21 bits per heavy atom. The van der Waals surface area contributed by atoms with Crippen LogP contribution in [0.2, 0.25) is 0 Å². The molecule has 150 valence electrons. The van der Waals surface area contributed by atoms with E-state index in [1.165, 1.54) is 6.07 Å². The van der Waals surface area contributed by atoms with Crippen LogP contribution in [-0.2, 0) is 10.0 Å². The fraction of sp³-hybridized carbons (Fsp3) is 0.350. The van der Waals surface area contributed by atoms with Crippen molar-refractivity contribution >= 4 is 21.7 Å². The monoisotopic (exact) mass is 404 g/mol. The van der Waals surface area contributed by atoms with Crippen molar-refractivity contribution < 1.29 is 23.1 Å². The first-order chi connectivity index (χ1) is 13.0. The van der Waals surface area contributed by atoms with Crippen LogP contribution in [0, 0.1) is 12.3 Å². The molecule has 1 saturated heterocycles. The average molecular weight is 404 g/mol. The molecular formula is C20H24N2O5S. The first-order valence-corrected chi connectivity index (χ1v) is 10.4. The van der Waals surface area contributed by atoms with Gasteiger partial charge in [-0.15, -0.1) is 0 Å². The lowest BCUT2D eigenvalue weighted by atomic mass is 9.93. The van der Waals surface area contributed by atoms with Crippen LogP contribution < -0.4 is 14.8 Å². The second-order valence-corrected chi connectivity index (χ2v) is 9.45. The number of nitrogens with zero attached hydrogens (tertiary/aromatic N) is 1. The van der Waals surface area contributed by atoms with Gasteiger partial charge in [0.05, 0.1) is 11.3 Å². The van der Waals surface area contributed by atoms with E-state index in [0.717, 1.165) is 18.1 Å². The summed E-state index contributed by atoms with van der Waals surface area (Å²) in [5.74, 6) is -0.737. The van der Waals surface area contributed by atoms with Crippen LogP contribution in [0.1, 0.15) is 36.2 Å². The summed E-state index contributed by atoms with van der Waals surface area (Å²) in [4.78, 5) is 13.2. The van der Waals surface area contributed by atoms with Crippen molar-refractivity contribution in [3.63, 3.8) is 0 Å². The number of ether oxygens (including phenoxy) is 1. The van der Waals surface area contributed by atoms with Gasteiger partial charge in [0.1, 0.15) is 10.6 Å². The second-order valence-electron chi connectivity index (χ2n) is 7.92. The van der Waals surface area contributed by atoms with Crippen LogP contribution in [0.15, 0.2) is 41.3 Å². The number of benzene rings is 2. The third-order valence-corrected chi connectivity index (χ3v) is 5.76. The van der Waals surface area contributed by atoms with Crippen LogP contribution in [0.25, 0.3) is 0 Å². The van der Waals surface area contributed by atoms with Crippen molar-refractivity contribution in [2.45, 2.75) is 32.1 Å². The Balaban J connectivity index is 2.20. The molecule has 0 spiro atoms. The van der Waals surface area contributed by atoms with E-state index in [0.29, 0.717) is 24.5 Å². The molecule has 0 atom stereocenters. The van der Waals surface area contributed by atoms with Crippen LogP contribution in [0.3, 0.4) is 0 Å². The molecule has 1 fully saturated rings. The van der Waals surface area contributed by atoms with Crippen molar-refractivity contribution in [3.05, 3.63) is 47.5 Å². The molecule has 0 saturated carbocycles. The minimum atomic E-state index is -4.21. The molecule has 0 aromatic heterocycles. The highest BCUT2D eigenvalue weighted by atomic mass is 32.2. The van der Waals surface area contributed by atoms with Gasteiger partial charge in [-0.1, -0.05) is 31.5 Å². The molecule has 1 heterocycles. The number of carboxylic acids is 1. The highest BCUT2D eigenvalue weighted by molar-refractivity contribution is 7.89. The third kappa shape index (κ3) is 4.28. The summed E-state index contributed by atoms with van der Waals surface area (Å²) in [6, 6.07) is 9.64. The number of hydrogen-bond acceptors (Lipinski definition) is 5. The van der Waals surface area contributed by atoms with Gasteiger partial charge in [-0.25, -0.2) is 18.4 Å². The molecule has 3 N–H and O–H groups in total. The smallest absolute Gasteiger partial charge is 0.335 e. The SMILES string of the molecule is Cc1ccc(Oc2c(N3CCC(C)(C)C3)cc(C(=O)O)cc2S(N)(=O)=O)cc1. The summed E-state index contributed by atoms with van der Waals surface area (Å²) in [5, 5.41) is 14.9. The number of carboxylic acid groups (broad SMARTS) is 1. The maximum Gasteiger partial charge on any atom is 0.335 e. The summed E-state index contributed by atoms with van der Waals surface area (Å²) < 4.78 is 30.5. The zero-order valence-electron chi connectivity index (χ0n) is 16.1. The van der Waals surface area contributed by atoms with Crippen molar-refractivity contribution in [3.8, 4) is 11.5 Å². The van der Waals surface area contributed by atoms with E-state index < -0.39 is 16.0 Å². The molecule has 0 aliphatic carbocycles.